The zero-order chi connectivity index (χ0) is 95.8. The van der Waals surface area contributed by atoms with Crippen molar-refractivity contribution in [2.24, 2.45) is 0 Å². The van der Waals surface area contributed by atoms with Gasteiger partial charge in [-0.3, -0.25) is 17.9 Å². The van der Waals surface area contributed by atoms with Gasteiger partial charge in [0.1, 0.15) is 0 Å². The summed E-state index contributed by atoms with van der Waals surface area (Å²) in [7, 11) is -6.49. The molecule has 16 nitrogen and oxygen atoms in total. The van der Waals surface area contributed by atoms with Crippen LogP contribution >= 0.6 is 0 Å². The number of hydrogen-bond donors (Lipinski definition) is 0. The first-order valence-electron chi connectivity index (χ1n) is 49.4. The first-order chi connectivity index (χ1) is 72.4. The van der Waals surface area contributed by atoms with Crippen molar-refractivity contribution in [3.8, 4) is 69.1 Å². The predicted molar refractivity (Wildman–Crippen MR) is 600 cm³/mol. The highest BCUT2D eigenvalue weighted by molar-refractivity contribution is 7.20. The van der Waals surface area contributed by atoms with Crippen LogP contribution in [0, 0.1) is 0 Å². The van der Waals surface area contributed by atoms with Gasteiger partial charge < -0.3 is 9.13 Å². The molecular formula is C128H82N16Si2. The van der Waals surface area contributed by atoms with Crippen molar-refractivity contribution in [3.05, 3.63) is 497 Å². The highest BCUT2D eigenvalue weighted by Crippen LogP contribution is 2.42. The monoisotopic (exact) mass is 1900 g/mol. The molecular weight excluding hydrogens is 1820 g/mol. The fraction of sp³-hybridized carbons (Fsp3) is 0. The molecule has 0 atom stereocenters. The molecule has 0 unspecified atom stereocenters. The van der Waals surface area contributed by atoms with Crippen LogP contribution in [0.15, 0.2) is 497 Å². The Kier molecular flexibility index (Phi) is 18.4. The molecule has 10 heterocycles. The van der Waals surface area contributed by atoms with Crippen LogP contribution in [0.5, 0.6) is 0 Å². The molecule has 20 aromatic carbocycles. The second kappa shape index (κ2) is 32.6. The van der Waals surface area contributed by atoms with Gasteiger partial charge in [-0.05, 0) is 180 Å². The largest absolute Gasteiger partial charge is 0.309 e. The van der Waals surface area contributed by atoms with E-state index >= 15 is 0 Å². The minimum Gasteiger partial charge on any atom is -0.309 e. The Labute approximate surface area is 837 Å². The predicted octanol–water partition coefficient (Wildman–Crippen LogP) is 23.7. The topological polar surface area (TPSA) is 142 Å². The van der Waals surface area contributed by atoms with E-state index in [-0.39, 0.29) is 0 Å². The van der Waals surface area contributed by atoms with E-state index in [2.05, 4.69) is 534 Å². The standard InChI is InChI=1S/C128H82N16Si2/c1-6-42-89(43-7-1)145(90-44-8-2-9-45-90,91-46-10-3-11-47-91)96-73-76-118-120(82-96)141-115-68-31-23-60-105(115)129-127(141)144(118)126-134-122(86-39-35-41-88(78-86)138-109-63-26-18-55-99(109)100-56-19-27-64-110(100)138)132-124(136-126)140-113-67-30-22-59-103(113)104-80-84(71-75-114(104)140)83-37-36-52-94(79-83)146(92-48-12-4-13-49-92,93-50-14-5-15-51-93)95-72-74-106-119(81-95)142-116-69-32-33-70-117(116)143(128(142)130-106)125-133-121(131-123(135-125)139-111-65-28-20-57-101(111)102-58-21-29-66-112(102)139)85-38-34-40-87(77-85)137-107-61-24-16-53-97(107)98-54-17-25-62-108(98)137/h1-82H. The molecule has 0 spiro atoms. The van der Waals surface area contributed by atoms with Crippen molar-refractivity contribution in [1.82, 2.24) is 76.1 Å². The molecule has 0 bridgehead atoms. The minimum atomic E-state index is -3.41. The molecule has 0 aliphatic rings. The fourth-order valence-electron chi connectivity index (χ4n) is 23.9. The van der Waals surface area contributed by atoms with Crippen molar-refractivity contribution in [1.29, 1.82) is 0 Å². The number of fused-ring (bicyclic) bond motifs is 22. The van der Waals surface area contributed by atoms with E-state index in [1.54, 1.807) is 0 Å². The Morgan fingerprint density at radius 2 is 0.432 bits per heavy atom. The summed E-state index contributed by atoms with van der Waals surface area (Å²) in [4.78, 5) is 45.6. The molecule has 0 N–H and O–H groups in total. The Bertz CT molecular complexity index is 10300. The summed E-state index contributed by atoms with van der Waals surface area (Å²) in [5, 5.41) is 18.9. The first-order valence-corrected chi connectivity index (χ1v) is 53.4. The maximum atomic E-state index is 5.86. The Morgan fingerprint density at radius 3 is 0.870 bits per heavy atom. The summed E-state index contributed by atoms with van der Waals surface area (Å²) in [5.74, 6) is 4.09. The average Bonchev–Trinajstić information content (AvgIpc) is 1.49. The molecule has 0 radical (unpaired) electrons. The zero-order valence-electron chi connectivity index (χ0n) is 78.5. The number of para-hydroxylation sites is 11. The number of nitrogens with zero attached hydrogens (tertiary/aromatic N) is 16. The highest BCUT2D eigenvalue weighted by atomic mass is 28.3. The molecule has 0 aliphatic heterocycles. The lowest BCUT2D eigenvalue weighted by molar-refractivity contribution is 0.884. The summed E-state index contributed by atoms with van der Waals surface area (Å²) < 4.78 is 18.0. The molecule has 30 aromatic rings. The van der Waals surface area contributed by atoms with E-state index in [1.807, 2.05) is 0 Å². The molecule has 18 heteroatoms. The first kappa shape index (κ1) is 82.5. The van der Waals surface area contributed by atoms with Gasteiger partial charge in [0.15, 0.2) is 27.8 Å². The van der Waals surface area contributed by atoms with Gasteiger partial charge in [-0.15, -0.1) is 0 Å². The summed E-state index contributed by atoms with van der Waals surface area (Å²) >= 11 is 0. The van der Waals surface area contributed by atoms with E-state index in [9.17, 15) is 0 Å². The molecule has 146 heavy (non-hydrogen) atoms. The molecule has 0 saturated carbocycles. The maximum absolute atomic E-state index is 5.86. The van der Waals surface area contributed by atoms with Gasteiger partial charge in [0, 0.05) is 65.6 Å². The van der Waals surface area contributed by atoms with Gasteiger partial charge in [0.25, 0.3) is 0 Å². The molecule has 0 amide bonds. The third-order valence-corrected chi connectivity index (χ3v) is 39.6. The van der Waals surface area contributed by atoms with Gasteiger partial charge in [-0.25, -0.2) is 19.1 Å². The lowest BCUT2D eigenvalue weighted by atomic mass is 10.0. The van der Waals surface area contributed by atoms with Crippen molar-refractivity contribution >= 4 is 201 Å². The van der Waals surface area contributed by atoms with E-state index in [0.717, 1.165) is 143 Å². The summed E-state index contributed by atoms with van der Waals surface area (Å²) in [6.45, 7) is 0. The quantitative estimate of drug-likeness (QED) is 0.0648. The van der Waals surface area contributed by atoms with Crippen LogP contribution in [0.25, 0.3) is 212 Å². The van der Waals surface area contributed by atoms with Crippen molar-refractivity contribution in [3.63, 3.8) is 0 Å². The van der Waals surface area contributed by atoms with Crippen molar-refractivity contribution in [2.45, 2.75) is 0 Å². The van der Waals surface area contributed by atoms with E-state index in [1.165, 1.54) is 63.0 Å². The Morgan fingerprint density at radius 1 is 0.144 bits per heavy atom. The number of aromatic nitrogens is 16. The van der Waals surface area contributed by atoms with Gasteiger partial charge in [-0.1, -0.05) is 370 Å². The molecule has 682 valence electrons. The van der Waals surface area contributed by atoms with Gasteiger partial charge in [0.2, 0.25) is 35.3 Å². The lowest BCUT2D eigenvalue weighted by Crippen LogP contribution is -2.74. The third kappa shape index (κ3) is 12.3. The van der Waals surface area contributed by atoms with Crippen LogP contribution in [0.2, 0.25) is 0 Å². The molecule has 0 aliphatic carbocycles. The van der Waals surface area contributed by atoms with Gasteiger partial charge in [0.05, 0.1) is 88.3 Å². The van der Waals surface area contributed by atoms with Crippen LogP contribution in [0.4, 0.5) is 0 Å². The second-order valence-corrected chi connectivity index (χ2v) is 45.4. The zero-order valence-corrected chi connectivity index (χ0v) is 80.5. The number of benzene rings is 20. The highest BCUT2D eigenvalue weighted by Gasteiger charge is 2.45. The van der Waals surface area contributed by atoms with E-state index < -0.39 is 16.1 Å². The molecule has 10 aromatic heterocycles. The SMILES string of the molecule is c1ccc([Si](c2ccccc2)(c2cccc(-c3ccc4c(c3)c3ccccc3n4-c3nc(-c4cccc(-n5c6ccccc6c6ccccc65)c4)nc(-n4c5ccc([Si](c6ccccc6)(c6ccccc6)c6ccccc6)cc5n5c6ccccc6nc45)n3)c2)c2ccc3nc4n(-c5nc(-c6cccc(-n7c8ccccc8c8ccccc87)c6)nc(-n6c7ccccc7c7ccccc76)n5)c5ccccc5n4c3c2)cc1. The second-order valence-electron chi connectivity index (χ2n) is 37.8. The number of hydrogen-bond acceptors (Lipinski definition) is 8. The Balaban J connectivity index is 0.595. The summed E-state index contributed by atoms with van der Waals surface area (Å²) in [6, 6.07) is 181. The lowest BCUT2D eigenvalue weighted by Gasteiger charge is -2.34. The number of imidazole rings is 4. The maximum Gasteiger partial charge on any atom is 0.242 e. The normalized spacial score (nSPS) is 12.2. The summed E-state index contributed by atoms with van der Waals surface area (Å²) in [5.41, 5.74) is 21.2. The smallest absolute Gasteiger partial charge is 0.242 e. The van der Waals surface area contributed by atoms with Crippen LogP contribution in [-0.4, -0.2) is 92.2 Å². The van der Waals surface area contributed by atoms with Crippen LogP contribution in [-0.2, 0) is 0 Å². The number of rotatable bonds is 17. The fourth-order valence-corrected chi connectivity index (χ4v) is 33.4. The van der Waals surface area contributed by atoms with Crippen molar-refractivity contribution < 1.29 is 0 Å². The van der Waals surface area contributed by atoms with Gasteiger partial charge >= 0.3 is 0 Å². The molecule has 0 fully saturated rings. The van der Waals surface area contributed by atoms with Crippen molar-refractivity contribution in [2.75, 3.05) is 0 Å². The average molecular weight is 1900 g/mol. The van der Waals surface area contributed by atoms with E-state index in [0.29, 0.717) is 47.0 Å². The van der Waals surface area contributed by atoms with E-state index in [4.69, 9.17) is 39.9 Å². The van der Waals surface area contributed by atoms with Gasteiger partial charge in [-0.2, -0.15) is 29.9 Å². The van der Waals surface area contributed by atoms with Crippen LogP contribution in [0.1, 0.15) is 0 Å². The molecule has 30 rings (SSSR count). The Hall–Kier alpha value is -19.4. The minimum absolute atomic E-state index is 0.411. The van der Waals surface area contributed by atoms with Crippen LogP contribution < -0.4 is 41.5 Å². The summed E-state index contributed by atoms with van der Waals surface area (Å²) in [6.07, 6.45) is 0. The molecule has 0 saturated heterocycles. The third-order valence-electron chi connectivity index (χ3n) is 30.1. The van der Waals surface area contributed by atoms with Crippen LogP contribution in [0.3, 0.4) is 0 Å².